The number of benzene rings is 1. The lowest BCUT2D eigenvalue weighted by Gasteiger charge is -2.21. The summed E-state index contributed by atoms with van der Waals surface area (Å²) in [6, 6.07) is 10.3. The van der Waals surface area contributed by atoms with Crippen LogP contribution < -0.4 is 10.6 Å². The highest BCUT2D eigenvalue weighted by Gasteiger charge is 2.24. The monoisotopic (exact) mass is 350 g/mol. The van der Waals surface area contributed by atoms with Crippen LogP contribution in [-0.2, 0) is 11.3 Å². The third-order valence-electron chi connectivity index (χ3n) is 3.39. The third kappa shape index (κ3) is 4.81. The molecule has 0 fully saturated rings. The summed E-state index contributed by atoms with van der Waals surface area (Å²) in [5.74, 6) is -0.471. The van der Waals surface area contributed by atoms with Gasteiger partial charge in [-0.05, 0) is 29.0 Å². The summed E-state index contributed by atoms with van der Waals surface area (Å²) < 4.78 is 0. The van der Waals surface area contributed by atoms with Crippen molar-refractivity contribution in [2.45, 2.75) is 26.4 Å². The van der Waals surface area contributed by atoms with Crippen molar-refractivity contribution >= 4 is 34.8 Å². The van der Waals surface area contributed by atoms with Crippen LogP contribution in [0.2, 0.25) is 5.02 Å². The van der Waals surface area contributed by atoms with Crippen LogP contribution in [0.15, 0.2) is 41.8 Å². The quantitative estimate of drug-likeness (QED) is 0.838. The highest BCUT2D eigenvalue weighted by molar-refractivity contribution is 7.12. The summed E-state index contributed by atoms with van der Waals surface area (Å²) in [6.07, 6.45) is 0. The van der Waals surface area contributed by atoms with Crippen molar-refractivity contribution in [3.8, 4) is 0 Å². The zero-order chi connectivity index (χ0) is 16.8. The molecule has 1 atom stereocenters. The predicted molar refractivity (Wildman–Crippen MR) is 93.7 cm³/mol. The Morgan fingerprint density at radius 3 is 2.52 bits per heavy atom. The molecule has 1 aromatic carbocycles. The van der Waals surface area contributed by atoms with E-state index in [1.807, 2.05) is 37.4 Å². The molecule has 0 saturated carbocycles. The Kier molecular flexibility index (Phi) is 6.19. The van der Waals surface area contributed by atoms with E-state index < -0.39 is 6.04 Å². The van der Waals surface area contributed by atoms with Gasteiger partial charge in [0.2, 0.25) is 5.91 Å². The van der Waals surface area contributed by atoms with Gasteiger partial charge < -0.3 is 10.6 Å². The van der Waals surface area contributed by atoms with E-state index in [1.165, 1.54) is 11.3 Å². The molecular formula is C17H19ClN2O2S. The Balaban J connectivity index is 1.98. The van der Waals surface area contributed by atoms with Gasteiger partial charge in [-0.25, -0.2) is 0 Å². The number of hydrogen-bond donors (Lipinski definition) is 2. The van der Waals surface area contributed by atoms with Crippen LogP contribution in [0.25, 0.3) is 0 Å². The number of thiophene rings is 1. The lowest BCUT2D eigenvalue weighted by molar-refractivity contribution is -0.124. The van der Waals surface area contributed by atoms with E-state index in [0.29, 0.717) is 16.4 Å². The molecule has 122 valence electrons. The number of halogens is 1. The van der Waals surface area contributed by atoms with Gasteiger partial charge in [-0.1, -0.05) is 49.7 Å². The van der Waals surface area contributed by atoms with E-state index in [9.17, 15) is 9.59 Å². The summed E-state index contributed by atoms with van der Waals surface area (Å²) in [5.41, 5.74) is 0.842. The first-order valence-corrected chi connectivity index (χ1v) is 8.60. The molecule has 0 spiro atoms. The molecule has 0 aliphatic heterocycles. The highest BCUT2D eigenvalue weighted by atomic mass is 35.5. The van der Waals surface area contributed by atoms with Crippen molar-refractivity contribution in [1.82, 2.24) is 10.6 Å². The Bertz CT molecular complexity index is 671. The van der Waals surface area contributed by atoms with Crippen LogP contribution in [0.3, 0.4) is 0 Å². The van der Waals surface area contributed by atoms with Gasteiger partial charge in [-0.3, -0.25) is 9.59 Å². The Morgan fingerprint density at radius 1 is 1.17 bits per heavy atom. The standard InChI is InChI=1S/C17H19ClN2O2S/c1-11(2)15(20-16(21)14-8-5-9-23-14)17(22)19-10-12-6-3-4-7-13(12)18/h3-9,11,15H,10H2,1-2H3,(H,19,22)(H,20,21). The molecule has 2 aromatic rings. The van der Waals surface area contributed by atoms with E-state index in [-0.39, 0.29) is 17.7 Å². The molecule has 0 aliphatic rings. The fourth-order valence-corrected chi connectivity index (χ4v) is 2.92. The number of hydrogen-bond acceptors (Lipinski definition) is 3. The minimum atomic E-state index is -0.591. The molecule has 0 bridgehead atoms. The van der Waals surface area contributed by atoms with Gasteiger partial charge in [0.15, 0.2) is 0 Å². The van der Waals surface area contributed by atoms with Gasteiger partial charge in [0.1, 0.15) is 6.04 Å². The van der Waals surface area contributed by atoms with Crippen molar-refractivity contribution < 1.29 is 9.59 Å². The van der Waals surface area contributed by atoms with Gasteiger partial charge in [-0.15, -0.1) is 11.3 Å². The molecule has 23 heavy (non-hydrogen) atoms. The Hall–Kier alpha value is -1.85. The second kappa shape index (κ2) is 8.13. The first-order valence-electron chi connectivity index (χ1n) is 7.34. The van der Waals surface area contributed by atoms with Crippen molar-refractivity contribution in [2.75, 3.05) is 0 Å². The van der Waals surface area contributed by atoms with E-state index >= 15 is 0 Å². The maximum atomic E-state index is 12.4. The third-order valence-corrected chi connectivity index (χ3v) is 4.63. The van der Waals surface area contributed by atoms with E-state index in [2.05, 4.69) is 10.6 Å². The average molecular weight is 351 g/mol. The first kappa shape index (κ1) is 17.5. The summed E-state index contributed by atoms with van der Waals surface area (Å²) >= 11 is 7.43. The van der Waals surface area contributed by atoms with Gasteiger partial charge in [-0.2, -0.15) is 0 Å². The van der Waals surface area contributed by atoms with E-state index in [1.54, 1.807) is 18.2 Å². The van der Waals surface area contributed by atoms with Crippen LogP contribution >= 0.6 is 22.9 Å². The minimum absolute atomic E-state index is 0.0230. The molecule has 1 unspecified atom stereocenters. The molecule has 2 rings (SSSR count). The molecule has 1 heterocycles. The van der Waals surface area contributed by atoms with Gasteiger partial charge in [0, 0.05) is 11.6 Å². The highest BCUT2D eigenvalue weighted by Crippen LogP contribution is 2.15. The van der Waals surface area contributed by atoms with Gasteiger partial charge in [0.05, 0.1) is 4.88 Å². The second-order valence-corrected chi connectivity index (χ2v) is 6.84. The second-order valence-electron chi connectivity index (χ2n) is 5.48. The molecule has 2 amide bonds. The minimum Gasteiger partial charge on any atom is -0.350 e. The van der Waals surface area contributed by atoms with Crippen LogP contribution in [0, 0.1) is 5.92 Å². The number of amides is 2. The predicted octanol–water partition coefficient (Wildman–Crippen LogP) is 3.47. The van der Waals surface area contributed by atoms with Gasteiger partial charge >= 0.3 is 0 Å². The number of carbonyl (C=O) groups excluding carboxylic acids is 2. The number of nitrogens with one attached hydrogen (secondary N) is 2. The maximum Gasteiger partial charge on any atom is 0.262 e. The topological polar surface area (TPSA) is 58.2 Å². The molecule has 6 heteroatoms. The van der Waals surface area contributed by atoms with E-state index in [4.69, 9.17) is 11.6 Å². The summed E-state index contributed by atoms with van der Waals surface area (Å²) in [6.45, 7) is 4.12. The first-order chi connectivity index (χ1) is 11.0. The van der Waals surface area contributed by atoms with Gasteiger partial charge in [0.25, 0.3) is 5.91 Å². The summed E-state index contributed by atoms with van der Waals surface area (Å²) in [7, 11) is 0. The smallest absolute Gasteiger partial charge is 0.262 e. The van der Waals surface area contributed by atoms with Crippen LogP contribution in [0.5, 0.6) is 0 Å². The summed E-state index contributed by atoms with van der Waals surface area (Å²) in [4.78, 5) is 25.2. The molecule has 2 N–H and O–H groups in total. The Labute approximate surface area is 144 Å². The molecule has 4 nitrogen and oxygen atoms in total. The molecule has 0 saturated heterocycles. The molecular weight excluding hydrogens is 332 g/mol. The zero-order valence-electron chi connectivity index (χ0n) is 13.0. The number of carbonyl (C=O) groups is 2. The van der Waals surface area contributed by atoms with Crippen molar-refractivity contribution in [2.24, 2.45) is 5.92 Å². The van der Waals surface area contributed by atoms with Crippen molar-refractivity contribution in [3.63, 3.8) is 0 Å². The number of rotatable bonds is 6. The lowest BCUT2D eigenvalue weighted by atomic mass is 10.0. The molecule has 0 aliphatic carbocycles. The largest absolute Gasteiger partial charge is 0.350 e. The molecule has 0 radical (unpaired) electrons. The lowest BCUT2D eigenvalue weighted by Crippen LogP contribution is -2.49. The van der Waals surface area contributed by atoms with Crippen molar-refractivity contribution in [3.05, 3.63) is 57.2 Å². The summed E-state index contributed by atoms with van der Waals surface area (Å²) in [5, 5.41) is 8.07. The zero-order valence-corrected chi connectivity index (χ0v) is 14.6. The SMILES string of the molecule is CC(C)C(NC(=O)c1cccs1)C(=O)NCc1ccccc1Cl. The van der Waals surface area contributed by atoms with Crippen LogP contribution in [0.4, 0.5) is 0 Å². The maximum absolute atomic E-state index is 12.4. The molecule has 1 aromatic heterocycles. The fraction of sp³-hybridized carbons (Fsp3) is 0.294. The van der Waals surface area contributed by atoms with Crippen LogP contribution in [0.1, 0.15) is 29.1 Å². The fourth-order valence-electron chi connectivity index (χ4n) is 2.09. The van der Waals surface area contributed by atoms with Crippen LogP contribution in [-0.4, -0.2) is 17.9 Å². The average Bonchev–Trinajstić information content (AvgIpc) is 3.05. The normalized spacial score (nSPS) is 12.0. The van der Waals surface area contributed by atoms with Crippen molar-refractivity contribution in [1.29, 1.82) is 0 Å². The van der Waals surface area contributed by atoms with E-state index in [0.717, 1.165) is 5.56 Å². The Morgan fingerprint density at radius 2 is 1.91 bits per heavy atom.